The Morgan fingerprint density at radius 2 is 2.18 bits per heavy atom. The molecule has 0 saturated heterocycles. The molecule has 1 aromatic heterocycles. The average molecular weight is 230 g/mol. The normalized spacial score (nSPS) is 19.1. The van der Waals surface area contributed by atoms with Crippen LogP contribution in [0.1, 0.15) is 18.4 Å². The maximum Gasteiger partial charge on any atom is 0.321 e. The van der Waals surface area contributed by atoms with E-state index in [0.717, 1.165) is 29.3 Å². The Morgan fingerprint density at radius 3 is 2.82 bits per heavy atom. The molecule has 4 nitrogen and oxygen atoms in total. The molecule has 1 unspecified atom stereocenters. The van der Waals surface area contributed by atoms with E-state index in [1.54, 1.807) is 0 Å². The minimum atomic E-state index is -0.920. The molecule has 1 atom stereocenters. The summed E-state index contributed by atoms with van der Waals surface area (Å²) in [6.45, 7) is 0. The molecule has 0 radical (unpaired) electrons. The highest BCUT2D eigenvalue weighted by Crippen LogP contribution is 2.50. The number of aromatic nitrogens is 1. The molecule has 88 valence electrons. The number of hydrogen-bond acceptors (Lipinski definition) is 2. The number of nitrogens with one attached hydrogen (secondary N) is 1. The van der Waals surface area contributed by atoms with Crippen LogP contribution in [0.5, 0.6) is 0 Å². The van der Waals surface area contributed by atoms with Crippen molar-refractivity contribution in [1.29, 1.82) is 0 Å². The third-order valence-corrected chi connectivity index (χ3v) is 3.78. The van der Waals surface area contributed by atoms with Gasteiger partial charge in [-0.15, -0.1) is 0 Å². The first kappa shape index (κ1) is 10.4. The van der Waals surface area contributed by atoms with E-state index in [-0.39, 0.29) is 5.41 Å². The second-order valence-electron chi connectivity index (χ2n) is 4.75. The number of nitrogens with two attached hydrogens (primary N) is 1. The average Bonchev–Trinajstić information content (AvgIpc) is 2.99. The number of hydrogen-bond donors (Lipinski definition) is 3. The van der Waals surface area contributed by atoms with Crippen molar-refractivity contribution in [2.24, 2.45) is 5.73 Å². The minimum absolute atomic E-state index is 0.350. The van der Waals surface area contributed by atoms with E-state index in [0.29, 0.717) is 0 Å². The van der Waals surface area contributed by atoms with E-state index < -0.39 is 12.0 Å². The van der Waals surface area contributed by atoms with E-state index in [9.17, 15) is 4.79 Å². The smallest absolute Gasteiger partial charge is 0.321 e. The number of fused-ring (bicyclic) bond motifs is 1. The molecule has 4 N–H and O–H groups in total. The lowest BCUT2D eigenvalue weighted by Gasteiger charge is -2.20. The Kier molecular flexibility index (Phi) is 2.03. The highest BCUT2D eigenvalue weighted by molar-refractivity contribution is 5.82. The first-order valence-electron chi connectivity index (χ1n) is 5.69. The van der Waals surface area contributed by atoms with Crippen molar-refractivity contribution in [2.45, 2.75) is 24.3 Å². The minimum Gasteiger partial charge on any atom is -0.480 e. The second kappa shape index (κ2) is 3.34. The fourth-order valence-electron chi connectivity index (χ4n) is 2.51. The predicted octanol–water partition coefficient (Wildman–Crippen LogP) is 1.61. The Labute approximate surface area is 98.4 Å². The maximum absolute atomic E-state index is 11.0. The van der Waals surface area contributed by atoms with E-state index >= 15 is 0 Å². The van der Waals surface area contributed by atoms with Gasteiger partial charge in [0.2, 0.25) is 0 Å². The molecular weight excluding hydrogens is 216 g/mol. The van der Waals surface area contributed by atoms with Gasteiger partial charge in [-0.05, 0) is 42.0 Å². The van der Waals surface area contributed by atoms with Gasteiger partial charge in [0.05, 0.1) is 0 Å². The van der Waals surface area contributed by atoms with E-state index in [4.69, 9.17) is 10.8 Å². The van der Waals surface area contributed by atoms with Crippen LogP contribution in [0.2, 0.25) is 0 Å². The Hall–Kier alpha value is -1.81. The molecule has 0 bridgehead atoms. The van der Waals surface area contributed by atoms with E-state index in [2.05, 4.69) is 4.98 Å². The summed E-state index contributed by atoms with van der Waals surface area (Å²) in [4.78, 5) is 14.2. The van der Waals surface area contributed by atoms with Crippen LogP contribution in [0, 0.1) is 0 Å². The molecule has 1 aliphatic rings. The number of carboxylic acids is 1. The van der Waals surface area contributed by atoms with Gasteiger partial charge in [0.15, 0.2) is 0 Å². The standard InChI is InChI=1S/C13H14N2O2/c14-11(12(16)17)13(4-5-13)9-1-2-10-8(7-9)3-6-15-10/h1-3,6-7,11,15H,4-5,14H2,(H,16,17). The van der Waals surface area contributed by atoms with Crippen LogP contribution in [0.3, 0.4) is 0 Å². The summed E-state index contributed by atoms with van der Waals surface area (Å²) in [5.74, 6) is -0.920. The van der Waals surface area contributed by atoms with Crippen molar-refractivity contribution in [1.82, 2.24) is 4.98 Å². The topological polar surface area (TPSA) is 79.1 Å². The summed E-state index contributed by atoms with van der Waals surface area (Å²) in [5, 5.41) is 10.2. The number of rotatable bonds is 3. The first-order valence-corrected chi connectivity index (χ1v) is 5.69. The van der Waals surface area contributed by atoms with E-state index in [1.165, 1.54) is 0 Å². The SMILES string of the molecule is NC(C(=O)O)C1(c2ccc3[nH]ccc3c2)CC1. The Bertz CT molecular complexity index is 584. The third-order valence-electron chi connectivity index (χ3n) is 3.78. The van der Waals surface area contributed by atoms with Crippen molar-refractivity contribution >= 4 is 16.9 Å². The quantitative estimate of drug-likeness (QED) is 0.749. The van der Waals surface area contributed by atoms with Crippen LogP contribution in [-0.4, -0.2) is 22.1 Å². The zero-order valence-corrected chi connectivity index (χ0v) is 9.31. The summed E-state index contributed by atoms with van der Waals surface area (Å²) >= 11 is 0. The van der Waals surface area contributed by atoms with Gasteiger partial charge in [0.1, 0.15) is 6.04 Å². The van der Waals surface area contributed by atoms with Crippen LogP contribution >= 0.6 is 0 Å². The van der Waals surface area contributed by atoms with Crippen molar-refractivity contribution < 1.29 is 9.90 Å². The number of benzene rings is 1. The lowest BCUT2D eigenvalue weighted by Crippen LogP contribution is -2.41. The van der Waals surface area contributed by atoms with Crippen molar-refractivity contribution in [3.05, 3.63) is 36.0 Å². The van der Waals surface area contributed by atoms with Gasteiger partial charge >= 0.3 is 5.97 Å². The number of carboxylic acid groups (broad SMARTS) is 1. The van der Waals surface area contributed by atoms with Gasteiger partial charge < -0.3 is 15.8 Å². The molecule has 0 aliphatic heterocycles. The molecular formula is C13H14N2O2. The van der Waals surface area contributed by atoms with Crippen molar-refractivity contribution in [3.8, 4) is 0 Å². The van der Waals surface area contributed by atoms with Gasteiger partial charge in [-0.1, -0.05) is 6.07 Å². The number of H-pyrrole nitrogens is 1. The van der Waals surface area contributed by atoms with Crippen molar-refractivity contribution in [3.63, 3.8) is 0 Å². The summed E-state index contributed by atoms with van der Waals surface area (Å²) in [6, 6.07) is 7.19. The maximum atomic E-state index is 11.0. The zero-order chi connectivity index (χ0) is 12.0. The first-order chi connectivity index (χ1) is 8.13. The largest absolute Gasteiger partial charge is 0.480 e. The number of aliphatic carboxylic acids is 1. The van der Waals surface area contributed by atoms with Crippen LogP contribution < -0.4 is 5.73 Å². The summed E-state index contributed by atoms with van der Waals surface area (Å²) < 4.78 is 0. The highest BCUT2D eigenvalue weighted by Gasteiger charge is 2.52. The summed E-state index contributed by atoms with van der Waals surface area (Å²) in [7, 11) is 0. The van der Waals surface area contributed by atoms with Crippen molar-refractivity contribution in [2.75, 3.05) is 0 Å². The monoisotopic (exact) mass is 230 g/mol. The molecule has 2 aromatic rings. The highest BCUT2D eigenvalue weighted by atomic mass is 16.4. The molecule has 1 fully saturated rings. The van der Waals surface area contributed by atoms with Gasteiger partial charge in [0.25, 0.3) is 0 Å². The predicted molar refractivity (Wildman–Crippen MR) is 64.8 cm³/mol. The molecule has 3 rings (SSSR count). The molecule has 4 heteroatoms. The Balaban J connectivity index is 2.06. The molecule has 0 amide bonds. The van der Waals surface area contributed by atoms with E-state index in [1.807, 2.05) is 30.5 Å². The zero-order valence-electron chi connectivity index (χ0n) is 9.31. The lowest BCUT2D eigenvalue weighted by molar-refractivity contribution is -0.139. The van der Waals surface area contributed by atoms with Gasteiger partial charge in [-0.25, -0.2) is 0 Å². The van der Waals surface area contributed by atoms with Gasteiger partial charge in [0, 0.05) is 17.1 Å². The molecule has 1 aliphatic carbocycles. The van der Waals surface area contributed by atoms with Gasteiger partial charge in [-0.2, -0.15) is 0 Å². The molecule has 1 saturated carbocycles. The fourth-order valence-corrected chi connectivity index (χ4v) is 2.51. The third kappa shape index (κ3) is 1.45. The van der Waals surface area contributed by atoms with Gasteiger partial charge in [-0.3, -0.25) is 4.79 Å². The Morgan fingerprint density at radius 1 is 1.41 bits per heavy atom. The molecule has 0 spiro atoms. The summed E-state index contributed by atoms with van der Waals surface area (Å²) in [5.41, 5.74) is 7.56. The fraction of sp³-hybridized carbons (Fsp3) is 0.308. The summed E-state index contributed by atoms with van der Waals surface area (Å²) in [6.07, 6.45) is 3.60. The lowest BCUT2D eigenvalue weighted by atomic mass is 9.88. The number of aromatic amines is 1. The van der Waals surface area contributed by atoms with Crippen LogP contribution in [0.25, 0.3) is 10.9 Å². The molecule has 1 heterocycles. The number of carbonyl (C=O) groups is 1. The van der Waals surface area contributed by atoms with Crippen LogP contribution in [0.4, 0.5) is 0 Å². The molecule has 17 heavy (non-hydrogen) atoms. The second-order valence-corrected chi connectivity index (χ2v) is 4.75. The van der Waals surface area contributed by atoms with Crippen LogP contribution in [0.15, 0.2) is 30.5 Å². The molecule has 1 aromatic carbocycles. The van der Waals surface area contributed by atoms with Crippen LogP contribution in [-0.2, 0) is 10.2 Å².